The van der Waals surface area contributed by atoms with Crippen LogP contribution in [-0.4, -0.2) is 0 Å². The van der Waals surface area contributed by atoms with Gasteiger partial charge >= 0.3 is 0 Å². The molecule has 0 N–H and O–H groups in total. The molecule has 0 saturated carbocycles. The zero-order valence-corrected chi connectivity index (χ0v) is 47.1. The van der Waals surface area contributed by atoms with Crippen molar-refractivity contribution in [3.05, 3.63) is 277 Å². The van der Waals surface area contributed by atoms with E-state index < -0.39 is 0 Å². The topological polar surface area (TPSA) is 0 Å². The van der Waals surface area contributed by atoms with Crippen molar-refractivity contribution >= 4 is 86.2 Å². The summed E-state index contributed by atoms with van der Waals surface area (Å²) in [5.41, 5.74) is 7.18. The molecule has 13 rings (SSSR count). The van der Waals surface area contributed by atoms with E-state index in [-0.39, 0.29) is 0 Å². The Morgan fingerprint density at radius 3 is 0.987 bits per heavy atom. The third kappa shape index (κ3) is 12.8. The number of hydrogen-bond donors (Lipinski definition) is 0. The van der Waals surface area contributed by atoms with Gasteiger partial charge in [0.2, 0.25) is 0 Å². The molecule has 13 aromatic rings. The molecule has 0 aliphatic rings. The Morgan fingerprint density at radius 1 is 0.182 bits per heavy atom. The quantitative estimate of drug-likeness (QED) is 0.151. The summed E-state index contributed by atoms with van der Waals surface area (Å²) in [6.07, 6.45) is 0. The predicted octanol–water partition coefficient (Wildman–Crippen LogP) is 23.3. The fraction of sp³-hybridized carbons (Fsp3) is 0.195. The molecule has 0 heteroatoms. The molecule has 0 fully saturated rings. The fourth-order valence-corrected chi connectivity index (χ4v) is 10.8. The summed E-state index contributed by atoms with van der Waals surface area (Å²) in [5.74, 6) is 2.92. The highest BCUT2D eigenvalue weighted by molar-refractivity contribution is 6.03. The van der Waals surface area contributed by atoms with Crippen LogP contribution in [0.5, 0.6) is 0 Å². The standard InChI is InChI=1S/3C17H16.2C13H14/c1-12(2)17-15-9-5-3-7-13(15)11-14-8-4-6-10-16(14)17;1-12(2)16-9-5-8-15-10-13-6-3-4-7-14(13)11-17(15)16;1-12(2)13-7-8-16-10-14-5-3-4-6-15(14)11-17(16)9-13;1-10(2)12-9-5-7-11-6-3-4-8-13(11)12;1-10(2)12-8-7-11-5-3-4-6-13(11)9-12/h3*3-12H,1-2H3;2*3-10H,1-2H3. The van der Waals surface area contributed by atoms with Crippen LogP contribution in [0.1, 0.15) is 127 Å². The third-order valence-corrected chi connectivity index (χ3v) is 15.1. The van der Waals surface area contributed by atoms with Crippen molar-refractivity contribution in [2.75, 3.05) is 0 Å². The Bertz CT molecular complexity index is 3990. The van der Waals surface area contributed by atoms with Gasteiger partial charge in [-0.05, 0) is 174 Å². The average Bonchev–Trinajstić information content (AvgIpc) is 3.45. The van der Waals surface area contributed by atoms with Crippen LogP contribution in [0.4, 0.5) is 0 Å². The second kappa shape index (κ2) is 24.7. The van der Waals surface area contributed by atoms with Crippen LogP contribution in [0, 0.1) is 0 Å². The summed E-state index contributed by atoms with van der Waals surface area (Å²) < 4.78 is 0. The number of rotatable bonds is 5. The SMILES string of the molecule is CC(C)c1c2ccccc2cc2ccccc12.CC(C)c1ccc2cc3ccccc3cc2c1.CC(C)c1ccc2ccccc2c1.CC(C)c1cccc2cc3ccccc3cc12.CC(C)c1cccc2ccccc12. The van der Waals surface area contributed by atoms with Crippen LogP contribution in [0.25, 0.3) is 86.2 Å². The van der Waals surface area contributed by atoms with Gasteiger partial charge < -0.3 is 0 Å². The zero-order valence-electron chi connectivity index (χ0n) is 47.1. The van der Waals surface area contributed by atoms with Gasteiger partial charge in [-0.1, -0.05) is 288 Å². The molecular weight excluding hydrogens is 925 g/mol. The van der Waals surface area contributed by atoms with Crippen LogP contribution in [0.15, 0.2) is 249 Å². The second-order valence-electron chi connectivity index (χ2n) is 22.3. The van der Waals surface area contributed by atoms with Crippen molar-refractivity contribution in [3.63, 3.8) is 0 Å². The van der Waals surface area contributed by atoms with Gasteiger partial charge in [0.05, 0.1) is 0 Å². The fourth-order valence-electron chi connectivity index (χ4n) is 10.8. The first-order chi connectivity index (χ1) is 37.3. The normalized spacial score (nSPS) is 11.3. The number of benzene rings is 13. The first-order valence-corrected chi connectivity index (χ1v) is 28.0. The highest BCUT2D eigenvalue weighted by atomic mass is 14.1. The van der Waals surface area contributed by atoms with Gasteiger partial charge in [0, 0.05) is 0 Å². The van der Waals surface area contributed by atoms with Crippen LogP contribution in [0.2, 0.25) is 0 Å². The average molecular weight is 1000 g/mol. The van der Waals surface area contributed by atoms with Gasteiger partial charge in [0.25, 0.3) is 0 Å². The van der Waals surface area contributed by atoms with E-state index in [1.54, 1.807) is 0 Å². The van der Waals surface area contributed by atoms with Gasteiger partial charge in [0.1, 0.15) is 0 Å². The molecule has 384 valence electrons. The second-order valence-corrected chi connectivity index (χ2v) is 22.3. The third-order valence-electron chi connectivity index (χ3n) is 15.1. The van der Waals surface area contributed by atoms with E-state index in [4.69, 9.17) is 0 Å². The van der Waals surface area contributed by atoms with Gasteiger partial charge in [-0.3, -0.25) is 0 Å². The molecule has 0 nitrogen and oxygen atoms in total. The lowest BCUT2D eigenvalue weighted by Gasteiger charge is -2.14. The van der Waals surface area contributed by atoms with Crippen molar-refractivity contribution in [3.8, 4) is 0 Å². The molecule has 0 aromatic heterocycles. The van der Waals surface area contributed by atoms with Crippen molar-refractivity contribution in [1.82, 2.24) is 0 Å². The number of fused-ring (bicyclic) bond motifs is 8. The van der Waals surface area contributed by atoms with E-state index in [0.717, 1.165) is 0 Å². The van der Waals surface area contributed by atoms with E-state index in [9.17, 15) is 0 Å². The predicted molar refractivity (Wildman–Crippen MR) is 343 cm³/mol. The van der Waals surface area contributed by atoms with Gasteiger partial charge in [-0.25, -0.2) is 0 Å². The van der Waals surface area contributed by atoms with Gasteiger partial charge in [-0.15, -0.1) is 0 Å². The Balaban J connectivity index is 0.000000118. The van der Waals surface area contributed by atoms with Crippen molar-refractivity contribution in [2.45, 2.75) is 98.8 Å². The van der Waals surface area contributed by atoms with E-state index in [1.807, 2.05) is 0 Å². The van der Waals surface area contributed by atoms with Crippen LogP contribution >= 0.6 is 0 Å². The molecule has 13 aromatic carbocycles. The minimum absolute atomic E-state index is 0.547. The monoisotopic (exact) mass is 1000 g/mol. The first kappa shape index (κ1) is 53.8. The molecule has 0 radical (unpaired) electrons. The van der Waals surface area contributed by atoms with Crippen molar-refractivity contribution in [1.29, 1.82) is 0 Å². The molecule has 0 bridgehead atoms. The summed E-state index contributed by atoms with van der Waals surface area (Å²) in [7, 11) is 0. The molecule has 77 heavy (non-hydrogen) atoms. The summed E-state index contributed by atoms with van der Waals surface area (Å²) in [6.45, 7) is 22.5. The molecule has 0 unspecified atom stereocenters. The van der Waals surface area contributed by atoms with E-state index in [0.29, 0.717) is 29.6 Å². The minimum Gasteiger partial charge on any atom is -0.0616 e. The van der Waals surface area contributed by atoms with Gasteiger partial charge in [0.15, 0.2) is 0 Å². The van der Waals surface area contributed by atoms with Crippen molar-refractivity contribution in [2.24, 2.45) is 0 Å². The van der Waals surface area contributed by atoms with Crippen LogP contribution < -0.4 is 0 Å². The molecule has 0 atom stereocenters. The summed E-state index contributed by atoms with van der Waals surface area (Å²) in [5, 5.41) is 21.5. The highest BCUT2D eigenvalue weighted by Gasteiger charge is 2.11. The number of hydrogen-bond acceptors (Lipinski definition) is 0. The Labute approximate surface area is 459 Å². The maximum Gasteiger partial charge on any atom is -0.0143 e. The van der Waals surface area contributed by atoms with Crippen LogP contribution in [0.3, 0.4) is 0 Å². The molecule has 0 heterocycles. The summed E-state index contributed by atoms with van der Waals surface area (Å²) in [6, 6.07) is 89.6. The Kier molecular flexibility index (Phi) is 17.3. The summed E-state index contributed by atoms with van der Waals surface area (Å²) >= 11 is 0. The van der Waals surface area contributed by atoms with E-state index in [2.05, 4.69) is 318 Å². The Hall–Kier alpha value is -8.06. The molecule has 0 amide bonds. The maximum atomic E-state index is 2.32. The molecule has 0 aliphatic carbocycles. The molecule has 0 aliphatic heterocycles. The minimum atomic E-state index is 0.547. The van der Waals surface area contributed by atoms with E-state index in [1.165, 1.54) is 114 Å². The smallest absolute Gasteiger partial charge is 0.0143 e. The van der Waals surface area contributed by atoms with Crippen LogP contribution in [-0.2, 0) is 0 Å². The lowest BCUT2D eigenvalue weighted by atomic mass is 9.90. The first-order valence-electron chi connectivity index (χ1n) is 28.0. The van der Waals surface area contributed by atoms with Crippen molar-refractivity contribution < 1.29 is 0 Å². The molecular formula is C77H76. The largest absolute Gasteiger partial charge is 0.0616 e. The molecule has 0 saturated heterocycles. The Morgan fingerprint density at radius 2 is 0.494 bits per heavy atom. The lowest BCUT2D eigenvalue weighted by molar-refractivity contribution is 0.869. The highest BCUT2D eigenvalue weighted by Crippen LogP contribution is 2.34. The molecule has 0 spiro atoms. The zero-order chi connectivity index (χ0) is 54.0. The van der Waals surface area contributed by atoms with E-state index >= 15 is 0 Å². The lowest BCUT2D eigenvalue weighted by Crippen LogP contribution is -1.92. The van der Waals surface area contributed by atoms with Gasteiger partial charge in [-0.2, -0.15) is 0 Å². The summed E-state index contributed by atoms with van der Waals surface area (Å²) in [4.78, 5) is 0. The maximum absolute atomic E-state index is 2.32.